The average Bonchev–Trinajstić information content (AvgIpc) is 2.83. The lowest BCUT2D eigenvalue weighted by Gasteiger charge is -2.07. The number of carbonyl (C=O) groups excluding carboxylic acids is 2. The first-order valence-corrected chi connectivity index (χ1v) is 8.43. The Balaban J connectivity index is 1.91. The SMILES string of the molecule is Cc1cc(C(=O)NCC(=O)Nc2ccc(S(N)(=O)=O)cc2)n(C)n1. The molecule has 0 saturated carbocycles. The number of nitrogens with zero attached hydrogens (tertiary/aromatic N) is 2. The Hall–Kier alpha value is -2.72. The number of nitrogens with two attached hydrogens (primary N) is 1. The first kappa shape index (κ1) is 17.6. The largest absolute Gasteiger partial charge is 0.342 e. The van der Waals surface area contributed by atoms with Gasteiger partial charge in [0.25, 0.3) is 5.91 Å². The maximum absolute atomic E-state index is 12.0. The Kier molecular flexibility index (Phi) is 5.00. The highest BCUT2D eigenvalue weighted by Gasteiger charge is 2.13. The molecule has 0 spiro atoms. The van der Waals surface area contributed by atoms with Crippen molar-refractivity contribution in [2.24, 2.45) is 12.2 Å². The minimum Gasteiger partial charge on any atom is -0.342 e. The lowest BCUT2D eigenvalue weighted by atomic mass is 10.3. The first-order valence-electron chi connectivity index (χ1n) is 6.88. The molecule has 0 fully saturated rings. The summed E-state index contributed by atoms with van der Waals surface area (Å²) in [6, 6.07) is 6.98. The van der Waals surface area contributed by atoms with Gasteiger partial charge in [-0.2, -0.15) is 5.10 Å². The monoisotopic (exact) mass is 351 g/mol. The predicted molar refractivity (Wildman–Crippen MR) is 86.7 cm³/mol. The fourth-order valence-electron chi connectivity index (χ4n) is 2.01. The van der Waals surface area contributed by atoms with Crippen molar-refractivity contribution in [2.75, 3.05) is 11.9 Å². The Morgan fingerprint density at radius 2 is 1.88 bits per heavy atom. The van der Waals surface area contributed by atoms with Crippen molar-refractivity contribution in [2.45, 2.75) is 11.8 Å². The zero-order valence-electron chi connectivity index (χ0n) is 13.1. The van der Waals surface area contributed by atoms with Gasteiger partial charge >= 0.3 is 0 Å². The Morgan fingerprint density at radius 3 is 2.38 bits per heavy atom. The molecule has 2 aromatic rings. The summed E-state index contributed by atoms with van der Waals surface area (Å²) < 4.78 is 23.7. The summed E-state index contributed by atoms with van der Waals surface area (Å²) in [6.07, 6.45) is 0. The third-order valence-electron chi connectivity index (χ3n) is 3.11. The molecule has 1 heterocycles. The van der Waals surface area contributed by atoms with Crippen LogP contribution in [0.4, 0.5) is 5.69 Å². The van der Waals surface area contributed by atoms with Gasteiger partial charge in [-0.3, -0.25) is 14.3 Å². The maximum Gasteiger partial charge on any atom is 0.269 e. The number of anilines is 1. The summed E-state index contributed by atoms with van der Waals surface area (Å²) in [6.45, 7) is 1.52. The molecule has 0 unspecified atom stereocenters. The smallest absolute Gasteiger partial charge is 0.269 e. The van der Waals surface area contributed by atoms with Gasteiger partial charge in [0, 0.05) is 12.7 Å². The molecule has 2 rings (SSSR count). The number of hydrogen-bond acceptors (Lipinski definition) is 5. The number of primary sulfonamides is 1. The summed E-state index contributed by atoms with van der Waals surface area (Å²) in [5, 5.41) is 14.1. The number of hydrogen-bond donors (Lipinski definition) is 3. The summed E-state index contributed by atoms with van der Waals surface area (Å²) in [4.78, 5) is 23.7. The molecule has 0 aliphatic heterocycles. The maximum atomic E-state index is 12.0. The Bertz CT molecular complexity index is 871. The molecule has 2 amide bonds. The second-order valence-corrected chi connectivity index (χ2v) is 6.66. The van der Waals surface area contributed by atoms with E-state index in [9.17, 15) is 18.0 Å². The van der Waals surface area contributed by atoms with E-state index in [0.717, 1.165) is 0 Å². The molecule has 24 heavy (non-hydrogen) atoms. The molecule has 9 nitrogen and oxygen atoms in total. The van der Waals surface area contributed by atoms with E-state index in [4.69, 9.17) is 5.14 Å². The van der Waals surface area contributed by atoms with Gasteiger partial charge in [0.2, 0.25) is 15.9 Å². The van der Waals surface area contributed by atoms with Crippen LogP contribution in [0, 0.1) is 6.92 Å². The molecule has 128 valence electrons. The molecule has 1 aromatic heterocycles. The van der Waals surface area contributed by atoms with E-state index in [2.05, 4.69) is 15.7 Å². The molecule has 1 aromatic carbocycles. The van der Waals surface area contributed by atoms with E-state index in [0.29, 0.717) is 17.1 Å². The van der Waals surface area contributed by atoms with E-state index >= 15 is 0 Å². The third-order valence-corrected chi connectivity index (χ3v) is 4.04. The number of aromatic nitrogens is 2. The van der Waals surface area contributed by atoms with Gasteiger partial charge in [0.1, 0.15) is 5.69 Å². The van der Waals surface area contributed by atoms with E-state index in [1.54, 1.807) is 20.0 Å². The topological polar surface area (TPSA) is 136 Å². The average molecular weight is 351 g/mol. The van der Waals surface area contributed by atoms with E-state index in [1.165, 1.54) is 28.9 Å². The lowest BCUT2D eigenvalue weighted by molar-refractivity contribution is -0.115. The number of carbonyl (C=O) groups is 2. The van der Waals surface area contributed by atoms with Crippen molar-refractivity contribution in [1.29, 1.82) is 0 Å². The van der Waals surface area contributed by atoms with Crippen LogP contribution in [0.5, 0.6) is 0 Å². The molecular formula is C14H17N5O4S. The van der Waals surface area contributed by atoms with Crippen LogP contribution in [-0.4, -0.2) is 36.6 Å². The number of rotatable bonds is 5. The van der Waals surface area contributed by atoms with Crippen molar-refractivity contribution >= 4 is 27.5 Å². The fraction of sp³-hybridized carbons (Fsp3) is 0.214. The number of aryl methyl sites for hydroxylation is 2. The zero-order valence-corrected chi connectivity index (χ0v) is 13.9. The standard InChI is InChI=1S/C14H17N5O4S/c1-9-7-12(19(2)18-9)14(21)16-8-13(20)17-10-3-5-11(6-4-10)24(15,22)23/h3-7H,8H2,1-2H3,(H,16,21)(H,17,20)(H2,15,22,23). The molecule has 0 bridgehead atoms. The Labute approximate surface area is 138 Å². The van der Waals surface area contributed by atoms with Gasteiger partial charge in [-0.15, -0.1) is 0 Å². The van der Waals surface area contributed by atoms with Gasteiger partial charge in [-0.05, 0) is 37.3 Å². The minimum absolute atomic E-state index is 0.0552. The zero-order chi connectivity index (χ0) is 17.9. The van der Waals surface area contributed by atoms with Crippen LogP contribution in [0.1, 0.15) is 16.2 Å². The first-order chi connectivity index (χ1) is 11.2. The summed E-state index contributed by atoms with van der Waals surface area (Å²) in [5.74, 6) is -0.872. The lowest BCUT2D eigenvalue weighted by Crippen LogP contribution is -2.33. The number of amides is 2. The van der Waals surface area contributed by atoms with E-state index in [-0.39, 0.29) is 11.4 Å². The van der Waals surface area contributed by atoms with E-state index in [1.807, 2.05) is 0 Å². The molecule has 0 saturated heterocycles. The molecular weight excluding hydrogens is 334 g/mol. The molecule has 10 heteroatoms. The number of benzene rings is 1. The number of sulfonamides is 1. The van der Waals surface area contributed by atoms with E-state index < -0.39 is 21.8 Å². The molecule has 0 radical (unpaired) electrons. The van der Waals surface area contributed by atoms with Crippen LogP contribution in [0.15, 0.2) is 35.2 Å². The van der Waals surface area contributed by atoms with Crippen LogP contribution < -0.4 is 15.8 Å². The van der Waals surface area contributed by atoms with Gasteiger partial charge in [-0.1, -0.05) is 0 Å². The number of nitrogens with one attached hydrogen (secondary N) is 2. The Morgan fingerprint density at radius 1 is 1.25 bits per heavy atom. The highest BCUT2D eigenvalue weighted by atomic mass is 32.2. The van der Waals surface area contributed by atoms with Crippen molar-refractivity contribution in [3.63, 3.8) is 0 Å². The third kappa shape index (κ3) is 4.40. The van der Waals surface area contributed by atoms with Crippen molar-refractivity contribution in [3.8, 4) is 0 Å². The quantitative estimate of drug-likeness (QED) is 0.682. The molecule has 4 N–H and O–H groups in total. The summed E-state index contributed by atoms with van der Waals surface area (Å²) in [5.41, 5.74) is 1.43. The van der Waals surface area contributed by atoms with Crippen molar-refractivity contribution < 1.29 is 18.0 Å². The normalized spacial score (nSPS) is 11.1. The van der Waals surface area contributed by atoms with Crippen molar-refractivity contribution in [3.05, 3.63) is 41.7 Å². The van der Waals surface area contributed by atoms with Gasteiger partial charge < -0.3 is 10.6 Å². The van der Waals surface area contributed by atoms with Crippen LogP contribution in [-0.2, 0) is 21.9 Å². The molecule has 0 aliphatic rings. The van der Waals surface area contributed by atoms with Gasteiger partial charge in [0.15, 0.2) is 0 Å². The van der Waals surface area contributed by atoms with Crippen LogP contribution in [0.2, 0.25) is 0 Å². The molecule has 0 aliphatic carbocycles. The second-order valence-electron chi connectivity index (χ2n) is 5.09. The fourth-order valence-corrected chi connectivity index (χ4v) is 2.52. The van der Waals surface area contributed by atoms with Crippen LogP contribution in [0.3, 0.4) is 0 Å². The van der Waals surface area contributed by atoms with Crippen molar-refractivity contribution in [1.82, 2.24) is 15.1 Å². The molecule has 0 atom stereocenters. The minimum atomic E-state index is -3.78. The summed E-state index contributed by atoms with van der Waals surface area (Å²) in [7, 11) is -2.15. The van der Waals surface area contributed by atoms with Crippen LogP contribution in [0.25, 0.3) is 0 Å². The summed E-state index contributed by atoms with van der Waals surface area (Å²) >= 11 is 0. The second kappa shape index (κ2) is 6.81. The highest BCUT2D eigenvalue weighted by Crippen LogP contribution is 2.12. The van der Waals surface area contributed by atoms with Gasteiger partial charge in [-0.25, -0.2) is 13.6 Å². The van der Waals surface area contributed by atoms with Gasteiger partial charge in [0.05, 0.1) is 17.1 Å². The van der Waals surface area contributed by atoms with Crippen LogP contribution >= 0.6 is 0 Å². The predicted octanol–water partition coefficient (Wildman–Crippen LogP) is -0.256. The highest BCUT2D eigenvalue weighted by molar-refractivity contribution is 7.89.